The number of anilines is 1. The number of hydrogen-bond acceptors (Lipinski definition) is 4. The standard InChI is InChI=1S/C11H10ClN3O/c1-7-14-5-9(6-15-7)16-11-3-2-8(13)4-10(11)12/h2-6H,13H2,1H3. The summed E-state index contributed by atoms with van der Waals surface area (Å²) in [6.07, 6.45) is 3.18. The number of nitrogens with two attached hydrogens (primary N) is 1. The number of rotatable bonds is 2. The molecule has 0 saturated heterocycles. The average molecular weight is 236 g/mol. The number of nitrogen functional groups attached to an aromatic ring is 1. The summed E-state index contributed by atoms with van der Waals surface area (Å²) in [5, 5.41) is 0.459. The van der Waals surface area contributed by atoms with Crippen LogP contribution in [0.2, 0.25) is 5.02 Å². The summed E-state index contributed by atoms with van der Waals surface area (Å²) in [5.74, 6) is 1.76. The molecule has 1 aromatic carbocycles. The zero-order valence-corrected chi connectivity index (χ0v) is 9.40. The van der Waals surface area contributed by atoms with Crippen LogP contribution in [0.4, 0.5) is 5.69 Å². The molecule has 2 rings (SSSR count). The minimum Gasteiger partial charge on any atom is -0.453 e. The molecule has 0 bridgehead atoms. The van der Waals surface area contributed by atoms with Gasteiger partial charge in [0.25, 0.3) is 0 Å². The zero-order valence-electron chi connectivity index (χ0n) is 8.64. The van der Waals surface area contributed by atoms with Crippen molar-refractivity contribution in [1.82, 2.24) is 9.97 Å². The molecule has 0 aliphatic carbocycles. The number of nitrogens with zero attached hydrogens (tertiary/aromatic N) is 2. The van der Waals surface area contributed by atoms with Gasteiger partial charge in [0, 0.05) is 5.69 Å². The Morgan fingerprint density at radius 3 is 2.56 bits per heavy atom. The van der Waals surface area contributed by atoms with Crippen LogP contribution in [0, 0.1) is 6.92 Å². The lowest BCUT2D eigenvalue weighted by Gasteiger charge is -2.07. The van der Waals surface area contributed by atoms with Crippen LogP contribution in [0.3, 0.4) is 0 Å². The molecule has 0 spiro atoms. The van der Waals surface area contributed by atoms with Crippen LogP contribution in [-0.2, 0) is 0 Å². The Hall–Kier alpha value is -1.81. The van der Waals surface area contributed by atoms with Gasteiger partial charge in [0.15, 0.2) is 5.75 Å². The van der Waals surface area contributed by atoms with Gasteiger partial charge in [0.2, 0.25) is 0 Å². The molecule has 1 heterocycles. The topological polar surface area (TPSA) is 61.0 Å². The first-order chi connectivity index (χ1) is 7.65. The van der Waals surface area contributed by atoms with Crippen molar-refractivity contribution in [1.29, 1.82) is 0 Å². The highest BCUT2D eigenvalue weighted by atomic mass is 35.5. The molecular weight excluding hydrogens is 226 g/mol. The highest BCUT2D eigenvalue weighted by Gasteiger charge is 2.03. The Kier molecular flexibility index (Phi) is 2.92. The van der Waals surface area contributed by atoms with Crippen molar-refractivity contribution < 1.29 is 4.74 Å². The lowest BCUT2D eigenvalue weighted by Crippen LogP contribution is -1.91. The summed E-state index contributed by atoms with van der Waals surface area (Å²) in [5.41, 5.74) is 6.17. The number of ether oxygens (including phenoxy) is 1. The maximum Gasteiger partial charge on any atom is 0.164 e. The van der Waals surface area contributed by atoms with Crippen LogP contribution >= 0.6 is 11.6 Å². The molecule has 0 unspecified atom stereocenters. The van der Waals surface area contributed by atoms with Crippen LogP contribution in [0.1, 0.15) is 5.82 Å². The summed E-state index contributed by atoms with van der Waals surface area (Å²) in [6.45, 7) is 1.81. The van der Waals surface area contributed by atoms with Crippen LogP contribution in [0.25, 0.3) is 0 Å². The van der Waals surface area contributed by atoms with Gasteiger partial charge in [-0.05, 0) is 25.1 Å². The van der Waals surface area contributed by atoms with E-state index in [0.29, 0.717) is 28.0 Å². The molecule has 0 aliphatic rings. The number of halogens is 1. The maximum absolute atomic E-state index is 5.96. The molecule has 5 heteroatoms. The minimum atomic E-state index is 0.459. The Morgan fingerprint density at radius 2 is 1.94 bits per heavy atom. The van der Waals surface area contributed by atoms with Gasteiger partial charge < -0.3 is 10.5 Å². The molecule has 0 atom stereocenters. The summed E-state index contributed by atoms with van der Waals surface area (Å²) >= 11 is 5.96. The third-order valence-corrected chi connectivity index (χ3v) is 2.24. The second-order valence-electron chi connectivity index (χ2n) is 3.26. The molecule has 82 valence electrons. The average Bonchev–Trinajstić information content (AvgIpc) is 2.25. The van der Waals surface area contributed by atoms with Gasteiger partial charge in [0.1, 0.15) is 11.6 Å². The summed E-state index contributed by atoms with van der Waals surface area (Å²) < 4.78 is 5.51. The molecule has 0 radical (unpaired) electrons. The third kappa shape index (κ3) is 2.41. The third-order valence-electron chi connectivity index (χ3n) is 1.94. The van der Waals surface area contributed by atoms with E-state index in [1.807, 2.05) is 0 Å². The van der Waals surface area contributed by atoms with Crippen LogP contribution in [-0.4, -0.2) is 9.97 Å². The molecule has 0 fully saturated rings. The van der Waals surface area contributed by atoms with Gasteiger partial charge in [-0.15, -0.1) is 0 Å². The van der Waals surface area contributed by atoms with Crippen LogP contribution < -0.4 is 10.5 Å². The Labute approximate surface area is 98.0 Å². The monoisotopic (exact) mass is 235 g/mol. The fourth-order valence-corrected chi connectivity index (χ4v) is 1.39. The SMILES string of the molecule is Cc1ncc(Oc2ccc(N)cc2Cl)cn1. The van der Waals surface area contributed by atoms with Crippen LogP contribution in [0.5, 0.6) is 11.5 Å². The van der Waals surface area contributed by atoms with Crippen molar-refractivity contribution in [2.45, 2.75) is 6.92 Å². The van der Waals surface area contributed by atoms with Crippen molar-refractivity contribution >= 4 is 17.3 Å². The van der Waals surface area contributed by atoms with E-state index in [0.717, 1.165) is 0 Å². The van der Waals surface area contributed by atoms with E-state index >= 15 is 0 Å². The second-order valence-corrected chi connectivity index (χ2v) is 3.67. The van der Waals surface area contributed by atoms with Gasteiger partial charge >= 0.3 is 0 Å². The number of aromatic nitrogens is 2. The van der Waals surface area contributed by atoms with E-state index in [1.165, 1.54) is 0 Å². The van der Waals surface area contributed by atoms with Crippen molar-refractivity contribution in [2.24, 2.45) is 0 Å². The molecule has 4 nitrogen and oxygen atoms in total. The molecule has 16 heavy (non-hydrogen) atoms. The van der Waals surface area contributed by atoms with Gasteiger partial charge in [-0.25, -0.2) is 9.97 Å². The molecule has 0 aliphatic heterocycles. The first kappa shape index (κ1) is 10.7. The molecule has 0 amide bonds. The lowest BCUT2D eigenvalue weighted by atomic mass is 10.3. The summed E-state index contributed by atoms with van der Waals surface area (Å²) in [6, 6.07) is 5.06. The van der Waals surface area contributed by atoms with Crippen molar-refractivity contribution in [3.63, 3.8) is 0 Å². The van der Waals surface area contributed by atoms with E-state index in [1.54, 1.807) is 37.5 Å². The van der Waals surface area contributed by atoms with Gasteiger partial charge in [-0.2, -0.15) is 0 Å². The van der Waals surface area contributed by atoms with Crippen molar-refractivity contribution in [3.05, 3.63) is 41.4 Å². The molecule has 2 aromatic rings. The first-order valence-electron chi connectivity index (χ1n) is 4.66. The predicted molar refractivity (Wildman–Crippen MR) is 62.7 cm³/mol. The van der Waals surface area contributed by atoms with Gasteiger partial charge in [-0.3, -0.25) is 0 Å². The van der Waals surface area contributed by atoms with Gasteiger partial charge in [-0.1, -0.05) is 11.6 Å². The van der Waals surface area contributed by atoms with E-state index in [2.05, 4.69) is 9.97 Å². The smallest absolute Gasteiger partial charge is 0.164 e. The maximum atomic E-state index is 5.96. The van der Waals surface area contributed by atoms with Crippen molar-refractivity contribution in [3.8, 4) is 11.5 Å². The number of hydrogen-bond donors (Lipinski definition) is 1. The Morgan fingerprint density at radius 1 is 1.25 bits per heavy atom. The normalized spacial score (nSPS) is 10.1. The molecule has 1 aromatic heterocycles. The summed E-state index contributed by atoms with van der Waals surface area (Å²) in [4.78, 5) is 8.04. The highest BCUT2D eigenvalue weighted by molar-refractivity contribution is 6.32. The largest absolute Gasteiger partial charge is 0.453 e. The Bertz CT molecular complexity index is 499. The van der Waals surface area contributed by atoms with E-state index in [-0.39, 0.29) is 0 Å². The van der Waals surface area contributed by atoms with E-state index < -0.39 is 0 Å². The minimum absolute atomic E-state index is 0.459. The lowest BCUT2D eigenvalue weighted by molar-refractivity contribution is 0.477. The molecule has 0 saturated carbocycles. The first-order valence-corrected chi connectivity index (χ1v) is 5.04. The quantitative estimate of drug-likeness (QED) is 0.813. The zero-order chi connectivity index (χ0) is 11.5. The second kappa shape index (κ2) is 4.37. The fourth-order valence-electron chi connectivity index (χ4n) is 1.16. The van der Waals surface area contributed by atoms with E-state index in [4.69, 9.17) is 22.1 Å². The predicted octanol–water partition coefficient (Wildman–Crippen LogP) is 2.81. The van der Waals surface area contributed by atoms with Crippen LogP contribution in [0.15, 0.2) is 30.6 Å². The fraction of sp³-hybridized carbons (Fsp3) is 0.0909. The van der Waals surface area contributed by atoms with Crippen molar-refractivity contribution in [2.75, 3.05) is 5.73 Å². The molecular formula is C11H10ClN3O. The number of aryl methyl sites for hydroxylation is 1. The van der Waals surface area contributed by atoms with E-state index in [9.17, 15) is 0 Å². The van der Waals surface area contributed by atoms with Gasteiger partial charge in [0.05, 0.1) is 17.4 Å². The number of benzene rings is 1. The molecule has 2 N–H and O–H groups in total. The summed E-state index contributed by atoms with van der Waals surface area (Å²) in [7, 11) is 0. The Balaban J connectivity index is 2.23. The highest BCUT2D eigenvalue weighted by Crippen LogP contribution is 2.30.